The number of hydrogen-bond acceptors (Lipinski definition) is 6. The lowest BCUT2D eigenvalue weighted by atomic mass is 10.1. The maximum absolute atomic E-state index is 12.5. The van der Waals surface area contributed by atoms with E-state index >= 15 is 0 Å². The molecule has 8 nitrogen and oxygen atoms in total. The highest BCUT2D eigenvalue weighted by Crippen LogP contribution is 2.17. The monoisotopic (exact) mass is 350 g/mol. The number of aliphatic carboxylic acids is 1. The Kier molecular flexibility index (Phi) is 5.21. The van der Waals surface area contributed by atoms with E-state index in [0.29, 0.717) is 31.9 Å². The van der Waals surface area contributed by atoms with Crippen LogP contribution in [0.25, 0.3) is 0 Å². The van der Waals surface area contributed by atoms with E-state index in [0.717, 1.165) is 4.88 Å². The van der Waals surface area contributed by atoms with E-state index in [9.17, 15) is 9.59 Å². The van der Waals surface area contributed by atoms with Gasteiger partial charge in [-0.15, -0.1) is 16.4 Å². The molecule has 9 heteroatoms. The minimum atomic E-state index is -1.05. The summed E-state index contributed by atoms with van der Waals surface area (Å²) < 4.78 is 6.90. The molecule has 1 unspecified atom stereocenters. The highest BCUT2D eigenvalue weighted by Gasteiger charge is 2.29. The summed E-state index contributed by atoms with van der Waals surface area (Å²) >= 11 is 1.63. The number of carboxylic acids is 1. The average molecular weight is 350 g/mol. The summed E-state index contributed by atoms with van der Waals surface area (Å²) in [5.74, 6) is -1.53. The van der Waals surface area contributed by atoms with E-state index in [-0.39, 0.29) is 24.9 Å². The molecule has 0 bridgehead atoms. The second kappa shape index (κ2) is 7.54. The molecule has 0 saturated carbocycles. The van der Waals surface area contributed by atoms with Crippen molar-refractivity contribution in [3.8, 4) is 0 Å². The molecule has 1 atom stereocenters. The first-order chi connectivity index (χ1) is 11.6. The molecule has 0 aliphatic carbocycles. The second-order valence-corrected chi connectivity index (χ2v) is 6.67. The summed E-state index contributed by atoms with van der Waals surface area (Å²) in [6.45, 7) is 1.27. The Bertz CT molecular complexity index is 694. The molecule has 1 aliphatic heterocycles. The van der Waals surface area contributed by atoms with E-state index in [4.69, 9.17) is 9.84 Å². The number of carbonyl (C=O) groups is 2. The fourth-order valence-electron chi connectivity index (χ4n) is 2.61. The maximum Gasteiger partial charge on any atom is 0.323 e. The topological polar surface area (TPSA) is 97.5 Å². The molecule has 1 aliphatic rings. The lowest BCUT2D eigenvalue weighted by molar-refractivity contribution is -0.146. The standard InChI is InChI=1S/C15H18N4O4S/c20-14(21)9-18(15(22)11-3-4-23-10-11)6-12-7-19(17-16-12)8-13-2-1-5-24-13/h1-2,5,7,11H,3-4,6,8-10H2,(H,20,21). The van der Waals surface area contributed by atoms with Gasteiger partial charge in [-0.2, -0.15) is 0 Å². The number of thiophene rings is 1. The Morgan fingerprint density at radius 2 is 2.38 bits per heavy atom. The number of nitrogens with zero attached hydrogens (tertiary/aromatic N) is 4. The van der Waals surface area contributed by atoms with Crippen LogP contribution in [0.2, 0.25) is 0 Å². The van der Waals surface area contributed by atoms with Crippen LogP contribution in [0.3, 0.4) is 0 Å². The van der Waals surface area contributed by atoms with Gasteiger partial charge in [0.1, 0.15) is 12.2 Å². The van der Waals surface area contributed by atoms with Gasteiger partial charge in [-0.05, 0) is 17.9 Å². The summed E-state index contributed by atoms with van der Waals surface area (Å²) in [6.07, 6.45) is 2.37. The Morgan fingerprint density at radius 1 is 1.50 bits per heavy atom. The average Bonchev–Trinajstić information content (AvgIpc) is 3.28. The first-order valence-corrected chi connectivity index (χ1v) is 8.49. The van der Waals surface area contributed by atoms with Crippen LogP contribution in [0.4, 0.5) is 0 Å². The van der Waals surface area contributed by atoms with Crippen LogP contribution >= 0.6 is 11.3 Å². The zero-order chi connectivity index (χ0) is 16.9. The van der Waals surface area contributed by atoms with Gasteiger partial charge in [0.05, 0.1) is 31.8 Å². The number of carbonyl (C=O) groups excluding carboxylic acids is 1. The molecule has 0 aromatic carbocycles. The van der Waals surface area contributed by atoms with Crippen LogP contribution in [0, 0.1) is 5.92 Å². The predicted molar refractivity (Wildman–Crippen MR) is 85.4 cm³/mol. The molecule has 3 heterocycles. The minimum Gasteiger partial charge on any atom is -0.480 e. The number of hydrogen-bond donors (Lipinski definition) is 1. The van der Waals surface area contributed by atoms with E-state index in [1.807, 2.05) is 17.5 Å². The molecule has 0 spiro atoms. The van der Waals surface area contributed by atoms with Crippen LogP contribution in [-0.4, -0.2) is 56.6 Å². The molecule has 2 aromatic rings. The fourth-order valence-corrected chi connectivity index (χ4v) is 3.30. The molecule has 3 rings (SSSR count). The molecule has 1 fully saturated rings. The van der Waals surface area contributed by atoms with Gasteiger partial charge in [-0.3, -0.25) is 9.59 Å². The molecule has 128 valence electrons. The summed E-state index contributed by atoms with van der Waals surface area (Å²) in [6, 6.07) is 3.97. The number of rotatable bonds is 7. The summed E-state index contributed by atoms with van der Waals surface area (Å²) in [7, 11) is 0. The number of ether oxygens (including phenoxy) is 1. The fraction of sp³-hybridized carbons (Fsp3) is 0.467. The normalized spacial score (nSPS) is 17.1. The van der Waals surface area contributed by atoms with Crippen LogP contribution in [0.5, 0.6) is 0 Å². The molecule has 1 saturated heterocycles. The van der Waals surface area contributed by atoms with Crippen molar-refractivity contribution in [2.45, 2.75) is 19.5 Å². The van der Waals surface area contributed by atoms with E-state index < -0.39 is 5.97 Å². The number of carboxylic acid groups (broad SMARTS) is 1. The first kappa shape index (κ1) is 16.6. The highest BCUT2D eigenvalue weighted by atomic mass is 32.1. The maximum atomic E-state index is 12.5. The van der Waals surface area contributed by atoms with Gasteiger partial charge in [0.2, 0.25) is 5.91 Å². The largest absolute Gasteiger partial charge is 0.480 e. The quantitative estimate of drug-likeness (QED) is 0.795. The Morgan fingerprint density at radius 3 is 3.04 bits per heavy atom. The van der Waals surface area contributed by atoms with Gasteiger partial charge in [0.15, 0.2) is 0 Å². The van der Waals surface area contributed by atoms with Crippen molar-refractivity contribution >= 4 is 23.2 Å². The van der Waals surface area contributed by atoms with Crippen molar-refractivity contribution in [3.05, 3.63) is 34.3 Å². The third-order valence-corrected chi connectivity index (χ3v) is 4.61. The van der Waals surface area contributed by atoms with Gasteiger partial charge >= 0.3 is 5.97 Å². The minimum absolute atomic E-state index is 0.131. The summed E-state index contributed by atoms with van der Waals surface area (Å²) in [5, 5.41) is 19.2. The van der Waals surface area contributed by atoms with Gasteiger partial charge in [0.25, 0.3) is 0 Å². The Hall–Kier alpha value is -2.26. The molecule has 0 radical (unpaired) electrons. The van der Waals surface area contributed by atoms with E-state index in [1.54, 1.807) is 22.2 Å². The van der Waals surface area contributed by atoms with Crippen LogP contribution < -0.4 is 0 Å². The van der Waals surface area contributed by atoms with Crippen LogP contribution in [0.1, 0.15) is 17.0 Å². The van der Waals surface area contributed by atoms with Crippen molar-refractivity contribution in [3.63, 3.8) is 0 Å². The third-order valence-electron chi connectivity index (χ3n) is 3.75. The van der Waals surface area contributed by atoms with Crippen molar-refractivity contribution in [2.24, 2.45) is 5.92 Å². The smallest absolute Gasteiger partial charge is 0.323 e. The Balaban J connectivity index is 1.66. The lowest BCUT2D eigenvalue weighted by Crippen LogP contribution is -2.39. The van der Waals surface area contributed by atoms with Gasteiger partial charge in [0, 0.05) is 11.5 Å². The second-order valence-electron chi connectivity index (χ2n) is 5.64. The molecular weight excluding hydrogens is 332 g/mol. The van der Waals surface area contributed by atoms with Crippen molar-refractivity contribution in [1.82, 2.24) is 19.9 Å². The summed E-state index contributed by atoms with van der Waals surface area (Å²) in [4.78, 5) is 26.0. The predicted octanol–water partition coefficient (Wildman–Crippen LogP) is 0.838. The van der Waals surface area contributed by atoms with Gasteiger partial charge in [-0.25, -0.2) is 4.68 Å². The zero-order valence-electron chi connectivity index (χ0n) is 13.0. The lowest BCUT2D eigenvalue weighted by Gasteiger charge is -2.22. The summed E-state index contributed by atoms with van der Waals surface area (Å²) in [5.41, 5.74) is 0.570. The number of amides is 1. The van der Waals surface area contributed by atoms with Crippen LogP contribution in [-0.2, 0) is 27.4 Å². The molecule has 2 aromatic heterocycles. The van der Waals surface area contributed by atoms with E-state index in [2.05, 4.69) is 10.3 Å². The van der Waals surface area contributed by atoms with Crippen LogP contribution in [0.15, 0.2) is 23.7 Å². The number of aromatic nitrogens is 3. The molecular formula is C15H18N4O4S. The first-order valence-electron chi connectivity index (χ1n) is 7.61. The molecule has 1 amide bonds. The van der Waals surface area contributed by atoms with E-state index in [1.165, 1.54) is 4.90 Å². The van der Waals surface area contributed by atoms with Gasteiger partial charge < -0.3 is 14.7 Å². The van der Waals surface area contributed by atoms with Gasteiger partial charge in [-0.1, -0.05) is 11.3 Å². The molecule has 24 heavy (non-hydrogen) atoms. The SMILES string of the molecule is O=C(O)CN(Cc1cn(Cc2cccs2)nn1)C(=O)C1CCOC1. The highest BCUT2D eigenvalue weighted by molar-refractivity contribution is 7.09. The zero-order valence-corrected chi connectivity index (χ0v) is 13.8. The van der Waals surface area contributed by atoms with Crippen molar-refractivity contribution in [2.75, 3.05) is 19.8 Å². The van der Waals surface area contributed by atoms with Crippen molar-refractivity contribution < 1.29 is 19.4 Å². The third kappa shape index (κ3) is 4.18. The van der Waals surface area contributed by atoms with Crippen molar-refractivity contribution in [1.29, 1.82) is 0 Å². The molecule has 1 N–H and O–H groups in total. The Labute approximate surface area is 142 Å².